The Morgan fingerprint density at radius 3 is 2.07 bits per heavy atom. The number of carboxylic acid groups (broad SMARTS) is 2. The second kappa shape index (κ2) is 5.36. The van der Waals surface area contributed by atoms with Crippen LogP contribution in [0.4, 0.5) is 0 Å². The van der Waals surface area contributed by atoms with E-state index in [4.69, 9.17) is 20.4 Å². The summed E-state index contributed by atoms with van der Waals surface area (Å²) in [5.41, 5.74) is -0.509. The van der Waals surface area contributed by atoms with Crippen LogP contribution in [0.1, 0.15) is 6.42 Å². The molecule has 6 nitrogen and oxygen atoms in total. The zero-order valence-electron chi connectivity index (χ0n) is 7.38. The Hall–Kier alpha value is -1.40. The molecule has 0 rings (SSSR count). The van der Waals surface area contributed by atoms with Crippen LogP contribution in [-0.4, -0.2) is 45.1 Å². The average Bonchev–Trinajstić information content (AvgIpc) is 2.11. The van der Waals surface area contributed by atoms with Gasteiger partial charge >= 0.3 is 11.9 Å². The molecule has 6 heteroatoms. The summed E-state index contributed by atoms with van der Waals surface area (Å²) in [5.74, 6) is -4.19. The van der Waals surface area contributed by atoms with Crippen LogP contribution in [0.2, 0.25) is 0 Å². The van der Waals surface area contributed by atoms with Crippen molar-refractivity contribution in [3.05, 3.63) is 12.2 Å². The molecule has 0 amide bonds. The lowest BCUT2D eigenvalue weighted by Gasteiger charge is -2.14. The first-order valence-corrected chi connectivity index (χ1v) is 3.84. The zero-order valence-corrected chi connectivity index (χ0v) is 7.38. The Labute approximate surface area is 80.1 Å². The highest BCUT2D eigenvalue weighted by molar-refractivity contribution is 5.93. The van der Waals surface area contributed by atoms with Crippen LogP contribution >= 0.6 is 0 Å². The van der Waals surface area contributed by atoms with Crippen molar-refractivity contribution in [3.63, 3.8) is 0 Å². The van der Waals surface area contributed by atoms with Crippen LogP contribution in [0.25, 0.3) is 0 Å². The monoisotopic (exact) mass is 204 g/mol. The van der Waals surface area contributed by atoms with Crippen LogP contribution in [-0.2, 0) is 9.59 Å². The van der Waals surface area contributed by atoms with Crippen molar-refractivity contribution in [2.45, 2.75) is 12.5 Å². The zero-order chi connectivity index (χ0) is 11.3. The summed E-state index contributed by atoms with van der Waals surface area (Å²) >= 11 is 0. The molecule has 0 spiro atoms. The molecule has 0 aromatic carbocycles. The van der Waals surface area contributed by atoms with Gasteiger partial charge in [0.05, 0.1) is 18.6 Å². The first kappa shape index (κ1) is 12.6. The maximum atomic E-state index is 10.6. The molecule has 0 aliphatic heterocycles. The number of carbonyl (C=O) groups is 2. The summed E-state index contributed by atoms with van der Waals surface area (Å²) in [4.78, 5) is 21.0. The van der Waals surface area contributed by atoms with E-state index in [0.717, 1.165) is 0 Å². The summed E-state index contributed by atoms with van der Waals surface area (Å²) in [7, 11) is 0. The molecule has 0 bridgehead atoms. The third-order valence-electron chi connectivity index (χ3n) is 1.71. The predicted molar refractivity (Wildman–Crippen MR) is 45.6 cm³/mol. The van der Waals surface area contributed by atoms with Crippen molar-refractivity contribution < 1.29 is 30.0 Å². The summed E-state index contributed by atoms with van der Waals surface area (Å²) < 4.78 is 0. The van der Waals surface area contributed by atoms with Gasteiger partial charge in [0.1, 0.15) is 0 Å². The maximum Gasteiger partial charge on any atom is 0.331 e. The summed E-state index contributed by atoms with van der Waals surface area (Å²) in [5, 5.41) is 34.5. The normalized spacial score (nSPS) is 14.4. The molecular weight excluding hydrogens is 192 g/mol. The van der Waals surface area contributed by atoms with E-state index in [0.29, 0.717) is 0 Å². The number of carboxylic acids is 2. The highest BCUT2D eigenvalue weighted by Gasteiger charge is 2.27. The van der Waals surface area contributed by atoms with Gasteiger partial charge in [0.2, 0.25) is 0 Å². The fourth-order valence-electron chi connectivity index (χ4n) is 0.888. The molecule has 4 N–H and O–H groups in total. The molecule has 14 heavy (non-hydrogen) atoms. The molecule has 0 aliphatic rings. The van der Waals surface area contributed by atoms with Gasteiger partial charge in [0, 0.05) is 5.57 Å². The standard InChI is InChI=1S/C8H12O6/c1-4(7(11)12)6(8(13)14)2-5(10)3-9/h5-6,9-10H,1-3H2,(H,11,12)(H,13,14). The number of rotatable bonds is 6. The van der Waals surface area contributed by atoms with Crippen molar-refractivity contribution >= 4 is 11.9 Å². The minimum atomic E-state index is -1.43. The van der Waals surface area contributed by atoms with Gasteiger partial charge in [-0.15, -0.1) is 0 Å². The van der Waals surface area contributed by atoms with Crippen molar-refractivity contribution in [1.29, 1.82) is 0 Å². The number of hydrogen-bond donors (Lipinski definition) is 4. The van der Waals surface area contributed by atoms with E-state index in [2.05, 4.69) is 6.58 Å². The fraction of sp³-hybridized carbons (Fsp3) is 0.500. The number of aliphatic hydroxyl groups is 2. The smallest absolute Gasteiger partial charge is 0.331 e. The molecule has 0 aromatic heterocycles. The fourth-order valence-corrected chi connectivity index (χ4v) is 0.888. The molecule has 0 saturated carbocycles. The van der Waals surface area contributed by atoms with E-state index in [1.165, 1.54) is 0 Å². The van der Waals surface area contributed by atoms with Gasteiger partial charge in [-0.25, -0.2) is 4.79 Å². The van der Waals surface area contributed by atoms with E-state index >= 15 is 0 Å². The molecule has 0 fully saturated rings. The van der Waals surface area contributed by atoms with Crippen molar-refractivity contribution in [2.24, 2.45) is 5.92 Å². The van der Waals surface area contributed by atoms with Crippen LogP contribution in [0, 0.1) is 5.92 Å². The van der Waals surface area contributed by atoms with Gasteiger partial charge in [0.15, 0.2) is 0 Å². The molecule has 80 valence electrons. The Balaban J connectivity index is 4.53. The van der Waals surface area contributed by atoms with E-state index < -0.39 is 36.1 Å². The summed E-state index contributed by atoms with van der Waals surface area (Å²) in [6.45, 7) is 2.48. The largest absolute Gasteiger partial charge is 0.481 e. The molecule has 0 aromatic rings. The van der Waals surface area contributed by atoms with Crippen LogP contribution in [0.3, 0.4) is 0 Å². The van der Waals surface area contributed by atoms with Gasteiger partial charge < -0.3 is 20.4 Å². The lowest BCUT2D eigenvalue weighted by atomic mass is 9.94. The molecule has 0 aliphatic carbocycles. The first-order chi connectivity index (χ1) is 6.40. The Kier molecular flexibility index (Phi) is 4.82. The SMILES string of the molecule is C=C(C(=O)O)C(CC(O)CO)C(=O)O. The van der Waals surface area contributed by atoms with E-state index in [1.807, 2.05) is 0 Å². The molecular formula is C8H12O6. The number of hydrogen-bond acceptors (Lipinski definition) is 4. The van der Waals surface area contributed by atoms with E-state index in [9.17, 15) is 9.59 Å². The lowest BCUT2D eigenvalue weighted by molar-refractivity contribution is -0.144. The molecule has 0 heterocycles. The quantitative estimate of drug-likeness (QED) is 0.415. The highest BCUT2D eigenvalue weighted by Crippen LogP contribution is 2.16. The summed E-state index contributed by atoms with van der Waals surface area (Å²) in [6, 6.07) is 0. The topological polar surface area (TPSA) is 115 Å². The van der Waals surface area contributed by atoms with Gasteiger partial charge in [-0.05, 0) is 6.42 Å². The molecule has 0 radical (unpaired) electrons. The van der Waals surface area contributed by atoms with E-state index in [1.54, 1.807) is 0 Å². The maximum absolute atomic E-state index is 10.6. The van der Waals surface area contributed by atoms with Gasteiger partial charge in [-0.2, -0.15) is 0 Å². The van der Waals surface area contributed by atoms with Crippen LogP contribution in [0.15, 0.2) is 12.2 Å². The molecule has 2 unspecified atom stereocenters. The van der Waals surface area contributed by atoms with Gasteiger partial charge in [-0.1, -0.05) is 6.58 Å². The highest BCUT2D eigenvalue weighted by atomic mass is 16.4. The Morgan fingerprint density at radius 1 is 1.29 bits per heavy atom. The second-order valence-electron chi connectivity index (χ2n) is 2.79. The predicted octanol–water partition coefficient (Wildman–Crippen LogP) is -0.929. The minimum Gasteiger partial charge on any atom is -0.481 e. The molecule has 2 atom stereocenters. The third kappa shape index (κ3) is 3.55. The summed E-state index contributed by atoms with van der Waals surface area (Å²) in [6.07, 6.45) is -1.62. The van der Waals surface area contributed by atoms with Crippen molar-refractivity contribution in [3.8, 4) is 0 Å². The van der Waals surface area contributed by atoms with E-state index in [-0.39, 0.29) is 6.42 Å². The van der Waals surface area contributed by atoms with Gasteiger partial charge in [0.25, 0.3) is 0 Å². The second-order valence-corrected chi connectivity index (χ2v) is 2.79. The average molecular weight is 204 g/mol. The Bertz CT molecular complexity index is 246. The number of aliphatic carboxylic acids is 2. The lowest BCUT2D eigenvalue weighted by Crippen LogP contribution is -2.27. The Morgan fingerprint density at radius 2 is 1.79 bits per heavy atom. The van der Waals surface area contributed by atoms with Crippen molar-refractivity contribution in [2.75, 3.05) is 6.61 Å². The van der Waals surface area contributed by atoms with Crippen molar-refractivity contribution in [1.82, 2.24) is 0 Å². The molecule has 0 saturated heterocycles. The van der Waals surface area contributed by atoms with Crippen LogP contribution in [0.5, 0.6) is 0 Å². The van der Waals surface area contributed by atoms with Gasteiger partial charge in [-0.3, -0.25) is 4.79 Å². The first-order valence-electron chi connectivity index (χ1n) is 3.84. The third-order valence-corrected chi connectivity index (χ3v) is 1.71. The van der Waals surface area contributed by atoms with Crippen LogP contribution < -0.4 is 0 Å². The minimum absolute atomic E-state index is 0.364. The number of aliphatic hydroxyl groups excluding tert-OH is 2.